The van der Waals surface area contributed by atoms with Crippen molar-refractivity contribution in [2.75, 3.05) is 13.2 Å². The van der Waals surface area contributed by atoms with E-state index in [1.165, 1.54) is 115 Å². The van der Waals surface area contributed by atoms with Gasteiger partial charge in [0.2, 0.25) is 0 Å². The van der Waals surface area contributed by atoms with Gasteiger partial charge in [0.1, 0.15) is 10.1 Å². The van der Waals surface area contributed by atoms with Crippen LogP contribution >= 0.6 is 0 Å². The van der Waals surface area contributed by atoms with Crippen molar-refractivity contribution in [3.8, 4) is 0 Å². The van der Waals surface area contributed by atoms with Crippen molar-refractivity contribution in [3.63, 3.8) is 0 Å². The summed E-state index contributed by atoms with van der Waals surface area (Å²) in [5.41, 5.74) is -0.784. The van der Waals surface area contributed by atoms with E-state index in [1.807, 2.05) is 0 Å². The monoisotopic (exact) mass is 712 g/mol. The summed E-state index contributed by atoms with van der Waals surface area (Å²) < 4.78 is 46.5. The van der Waals surface area contributed by atoms with Crippen LogP contribution in [-0.4, -0.2) is 38.1 Å². The Balaban J connectivity index is 0.0000230. The van der Waals surface area contributed by atoms with Crippen molar-refractivity contribution in [2.24, 2.45) is 0 Å². The van der Waals surface area contributed by atoms with Gasteiger partial charge in [0.05, 0.1) is 29.2 Å². The van der Waals surface area contributed by atoms with Crippen LogP contribution < -0.4 is 29.6 Å². The van der Waals surface area contributed by atoms with Gasteiger partial charge in [-0.2, -0.15) is 0 Å². The van der Waals surface area contributed by atoms with Crippen molar-refractivity contribution >= 4 is 22.1 Å². The largest absolute Gasteiger partial charge is 1.00 e. The number of hydrogen-bond donors (Lipinski definition) is 0. The number of hydrogen-bond acceptors (Lipinski definition) is 7. The normalized spacial score (nSPS) is 11.7. The molecule has 49 heavy (non-hydrogen) atoms. The molecule has 0 atom stereocenters. The molecule has 0 aromatic heterocycles. The number of ether oxygens (including phenoxy) is 2. The molecule has 1 aromatic rings. The van der Waals surface area contributed by atoms with Gasteiger partial charge >= 0.3 is 41.5 Å². The number of rotatable bonds is 31. The van der Waals surface area contributed by atoms with Gasteiger partial charge in [0, 0.05) is 0 Å². The molecule has 0 fully saturated rings. The van der Waals surface area contributed by atoms with Gasteiger partial charge in [-0.05, 0) is 64.5 Å². The summed E-state index contributed by atoms with van der Waals surface area (Å²) in [6, 6.07) is 3.61. The van der Waals surface area contributed by atoms with Crippen molar-refractivity contribution in [1.29, 1.82) is 0 Å². The molecular formula is C40H65NaO7S. The molecule has 0 aliphatic carbocycles. The average Bonchev–Trinajstić information content (AvgIpc) is 3.07. The van der Waals surface area contributed by atoms with E-state index in [9.17, 15) is 22.6 Å². The second kappa shape index (κ2) is 32.5. The minimum Gasteiger partial charge on any atom is -0.744 e. The maximum atomic E-state index is 12.9. The summed E-state index contributed by atoms with van der Waals surface area (Å²) in [5.74, 6) is -1.82. The number of carbonyl (C=O) groups is 2. The fourth-order valence-corrected chi connectivity index (χ4v) is 6.53. The summed E-state index contributed by atoms with van der Waals surface area (Å²) in [6.07, 6.45) is 36.3. The van der Waals surface area contributed by atoms with Crippen LogP contribution in [-0.2, 0) is 19.6 Å². The van der Waals surface area contributed by atoms with Crippen molar-refractivity contribution < 1.29 is 61.6 Å². The zero-order chi connectivity index (χ0) is 35.1. The standard InChI is InChI=1S/C40H66O7S.Na/c1-3-5-7-9-11-13-15-17-19-21-23-25-27-29-34-46-39(41)36-32-31-33-37(48(43,44)45)38(36)40(42)47-35-30-28-26-24-22-20-18-16-14-12-10-8-6-4-2;/h3-6,31-33H,7-30,34-35H2,1-2H3,(H,43,44,45);/q;+1/p-1/b5-3+,6-4+;. The maximum Gasteiger partial charge on any atom is 1.00 e. The minimum atomic E-state index is -5.01. The fourth-order valence-electron chi connectivity index (χ4n) is 5.84. The molecule has 0 heterocycles. The van der Waals surface area contributed by atoms with Gasteiger partial charge in [-0.25, -0.2) is 18.0 Å². The molecule has 274 valence electrons. The fraction of sp³-hybridized carbons (Fsp3) is 0.700. The van der Waals surface area contributed by atoms with Crippen LogP contribution in [0.3, 0.4) is 0 Å². The van der Waals surface area contributed by atoms with Crippen LogP contribution in [0.1, 0.15) is 189 Å². The first-order valence-corrected chi connectivity index (χ1v) is 20.4. The molecule has 1 rings (SSSR count). The van der Waals surface area contributed by atoms with E-state index in [1.54, 1.807) is 0 Å². The molecule has 0 radical (unpaired) electrons. The topological polar surface area (TPSA) is 110 Å². The number of esters is 2. The summed E-state index contributed by atoms with van der Waals surface area (Å²) in [4.78, 5) is 25.1. The first kappa shape index (κ1) is 47.5. The molecule has 0 bridgehead atoms. The van der Waals surface area contributed by atoms with Crippen LogP contribution in [0.4, 0.5) is 0 Å². The zero-order valence-electron chi connectivity index (χ0n) is 31.2. The molecule has 0 saturated heterocycles. The minimum absolute atomic E-state index is 0. The second-order valence-electron chi connectivity index (χ2n) is 12.9. The Morgan fingerprint density at radius 1 is 0.571 bits per heavy atom. The van der Waals surface area contributed by atoms with Crippen LogP contribution in [0.15, 0.2) is 47.4 Å². The Bertz CT molecular complexity index is 1150. The third kappa shape index (κ3) is 25.2. The Morgan fingerprint density at radius 3 is 1.29 bits per heavy atom. The van der Waals surface area contributed by atoms with E-state index in [-0.39, 0.29) is 48.3 Å². The first-order chi connectivity index (χ1) is 23.3. The molecule has 0 spiro atoms. The summed E-state index contributed by atoms with van der Waals surface area (Å²) in [7, 11) is -5.01. The zero-order valence-corrected chi connectivity index (χ0v) is 34.0. The number of unbranched alkanes of at least 4 members (excludes halogenated alkanes) is 22. The van der Waals surface area contributed by atoms with Crippen molar-refractivity contribution in [2.45, 2.75) is 173 Å². The van der Waals surface area contributed by atoms with Crippen LogP contribution in [0, 0.1) is 0 Å². The van der Waals surface area contributed by atoms with Crippen molar-refractivity contribution in [3.05, 3.63) is 53.6 Å². The van der Waals surface area contributed by atoms with Gasteiger partial charge in [-0.15, -0.1) is 0 Å². The van der Waals surface area contributed by atoms with E-state index >= 15 is 0 Å². The molecule has 0 N–H and O–H groups in total. The smallest absolute Gasteiger partial charge is 0.744 e. The summed E-state index contributed by atoms with van der Waals surface area (Å²) >= 11 is 0. The molecule has 0 saturated carbocycles. The number of benzene rings is 1. The van der Waals surface area contributed by atoms with E-state index < -0.39 is 32.5 Å². The second-order valence-corrected chi connectivity index (χ2v) is 14.2. The molecule has 0 amide bonds. The summed E-state index contributed by atoms with van der Waals surface area (Å²) in [5, 5.41) is 0. The SMILES string of the molecule is C/C=C/CCCCCCCCCCCCCOC(=O)c1cccc(S(=O)(=O)[O-])c1C(=O)OCCCCCCCCCCCCC/C=C/C.[Na+]. The van der Waals surface area contributed by atoms with E-state index in [2.05, 4.69) is 38.2 Å². The van der Waals surface area contributed by atoms with Gasteiger partial charge in [0.15, 0.2) is 0 Å². The van der Waals surface area contributed by atoms with Crippen LogP contribution in [0.2, 0.25) is 0 Å². The Hall–Kier alpha value is -1.45. The number of allylic oxidation sites excluding steroid dienone is 4. The van der Waals surface area contributed by atoms with Crippen LogP contribution in [0.5, 0.6) is 0 Å². The Labute approximate surface area is 321 Å². The Morgan fingerprint density at radius 2 is 0.918 bits per heavy atom. The third-order valence-electron chi connectivity index (χ3n) is 8.69. The molecule has 9 heteroatoms. The van der Waals surface area contributed by atoms with Crippen molar-refractivity contribution in [1.82, 2.24) is 0 Å². The van der Waals surface area contributed by atoms with E-state index in [0.29, 0.717) is 12.8 Å². The summed E-state index contributed by atoms with van der Waals surface area (Å²) in [6.45, 7) is 4.38. The molecular weight excluding hydrogens is 647 g/mol. The first-order valence-electron chi connectivity index (χ1n) is 19.0. The van der Waals surface area contributed by atoms with E-state index in [4.69, 9.17) is 9.47 Å². The van der Waals surface area contributed by atoms with Gasteiger partial charge in [-0.1, -0.05) is 146 Å². The predicted molar refractivity (Wildman–Crippen MR) is 195 cm³/mol. The quantitative estimate of drug-likeness (QED) is 0.0250. The number of carbonyl (C=O) groups excluding carboxylic acids is 2. The van der Waals surface area contributed by atoms with Crippen LogP contribution in [0.25, 0.3) is 0 Å². The molecule has 0 unspecified atom stereocenters. The van der Waals surface area contributed by atoms with E-state index in [0.717, 1.165) is 44.6 Å². The van der Waals surface area contributed by atoms with Gasteiger partial charge < -0.3 is 14.0 Å². The third-order valence-corrected chi connectivity index (χ3v) is 9.57. The molecule has 0 aliphatic heterocycles. The molecule has 1 aromatic carbocycles. The average molecular weight is 713 g/mol. The Kier molecular flexibility index (Phi) is 31.5. The molecule has 7 nitrogen and oxygen atoms in total. The van der Waals surface area contributed by atoms with Gasteiger partial charge in [-0.3, -0.25) is 0 Å². The predicted octanol–water partition coefficient (Wildman–Crippen LogP) is 8.42. The maximum absolute atomic E-state index is 12.9. The van der Waals surface area contributed by atoms with Gasteiger partial charge in [0.25, 0.3) is 0 Å². The molecule has 0 aliphatic rings.